The first-order chi connectivity index (χ1) is 9.24. The van der Waals surface area contributed by atoms with Gasteiger partial charge in [0, 0.05) is 29.7 Å². The Labute approximate surface area is 119 Å². The molecular weight excluding hydrogens is 260 g/mol. The molecule has 1 amide bonds. The van der Waals surface area contributed by atoms with Crippen LogP contribution in [0.15, 0.2) is 24.3 Å². The van der Waals surface area contributed by atoms with Crippen molar-refractivity contribution in [1.29, 1.82) is 0 Å². The molecule has 0 unspecified atom stereocenters. The van der Waals surface area contributed by atoms with E-state index in [1.54, 1.807) is 12.1 Å². The molecule has 0 aliphatic heterocycles. The molecular formula is C15H21ClN2O. The van der Waals surface area contributed by atoms with Gasteiger partial charge in [-0.25, -0.2) is 0 Å². The number of benzene rings is 1. The Hall–Kier alpha value is -1.06. The van der Waals surface area contributed by atoms with Crippen LogP contribution in [0.2, 0.25) is 5.02 Å². The van der Waals surface area contributed by atoms with Crippen LogP contribution in [0.4, 0.5) is 5.69 Å². The van der Waals surface area contributed by atoms with Crippen LogP contribution in [0.1, 0.15) is 38.5 Å². The molecule has 0 radical (unpaired) electrons. The summed E-state index contributed by atoms with van der Waals surface area (Å²) >= 11 is 5.87. The van der Waals surface area contributed by atoms with Crippen LogP contribution in [0.25, 0.3) is 0 Å². The lowest BCUT2D eigenvalue weighted by molar-refractivity contribution is -0.116. The first-order valence-electron chi connectivity index (χ1n) is 7.03. The summed E-state index contributed by atoms with van der Waals surface area (Å²) in [6, 6.07) is 7.83. The van der Waals surface area contributed by atoms with Crippen molar-refractivity contribution in [3.8, 4) is 0 Å². The zero-order chi connectivity index (χ0) is 13.5. The summed E-state index contributed by atoms with van der Waals surface area (Å²) in [5, 5.41) is 6.96. The van der Waals surface area contributed by atoms with Gasteiger partial charge in [-0.15, -0.1) is 0 Å². The lowest BCUT2D eigenvalue weighted by Crippen LogP contribution is -2.33. The number of carbonyl (C=O) groups is 1. The minimum absolute atomic E-state index is 0.0329. The van der Waals surface area contributed by atoms with Crippen molar-refractivity contribution in [2.45, 2.75) is 44.6 Å². The Bertz CT molecular complexity index is 416. The van der Waals surface area contributed by atoms with Crippen molar-refractivity contribution in [2.24, 2.45) is 0 Å². The molecule has 2 rings (SSSR count). The summed E-state index contributed by atoms with van der Waals surface area (Å²) < 4.78 is 0. The van der Waals surface area contributed by atoms with Crippen molar-refractivity contribution >= 4 is 23.2 Å². The van der Waals surface area contributed by atoms with Crippen molar-refractivity contribution in [2.75, 3.05) is 11.9 Å². The molecule has 2 N–H and O–H groups in total. The molecule has 104 valence electrons. The van der Waals surface area contributed by atoms with E-state index in [9.17, 15) is 4.79 Å². The number of nitrogens with one attached hydrogen (secondary N) is 2. The number of rotatable bonds is 5. The van der Waals surface area contributed by atoms with Gasteiger partial charge in [0.15, 0.2) is 0 Å². The standard InChI is InChI=1S/C15H21ClN2O/c16-12-5-4-8-14(11-12)18-15(19)9-10-17-13-6-2-1-3-7-13/h4-5,8,11,13,17H,1-3,6-7,9-10H2,(H,18,19). The van der Waals surface area contributed by atoms with E-state index in [0.717, 1.165) is 12.2 Å². The van der Waals surface area contributed by atoms with Crippen LogP contribution in [0.5, 0.6) is 0 Å². The Morgan fingerprint density at radius 2 is 2.05 bits per heavy atom. The van der Waals surface area contributed by atoms with Gasteiger partial charge in [-0.05, 0) is 31.0 Å². The van der Waals surface area contributed by atoms with E-state index in [-0.39, 0.29) is 5.91 Å². The topological polar surface area (TPSA) is 41.1 Å². The van der Waals surface area contributed by atoms with Crippen molar-refractivity contribution in [3.05, 3.63) is 29.3 Å². The van der Waals surface area contributed by atoms with E-state index >= 15 is 0 Å². The van der Waals surface area contributed by atoms with Crippen molar-refractivity contribution in [3.63, 3.8) is 0 Å². The van der Waals surface area contributed by atoms with Gasteiger partial charge in [-0.1, -0.05) is 36.9 Å². The highest BCUT2D eigenvalue weighted by Crippen LogP contribution is 2.17. The van der Waals surface area contributed by atoms with Gasteiger partial charge >= 0.3 is 0 Å². The molecule has 0 aromatic heterocycles. The van der Waals surface area contributed by atoms with Crippen LogP contribution >= 0.6 is 11.6 Å². The minimum Gasteiger partial charge on any atom is -0.326 e. The third-order valence-corrected chi connectivity index (χ3v) is 3.73. The Morgan fingerprint density at radius 1 is 1.26 bits per heavy atom. The van der Waals surface area contributed by atoms with Crippen molar-refractivity contribution < 1.29 is 4.79 Å². The molecule has 1 aromatic rings. The molecule has 4 heteroatoms. The van der Waals surface area contributed by atoms with Crippen molar-refractivity contribution in [1.82, 2.24) is 5.32 Å². The first-order valence-corrected chi connectivity index (χ1v) is 7.40. The zero-order valence-corrected chi connectivity index (χ0v) is 11.9. The monoisotopic (exact) mass is 280 g/mol. The second kappa shape index (κ2) is 7.51. The summed E-state index contributed by atoms with van der Waals surface area (Å²) in [7, 11) is 0. The largest absolute Gasteiger partial charge is 0.326 e. The first kappa shape index (κ1) is 14.4. The maximum Gasteiger partial charge on any atom is 0.225 e. The van der Waals surface area contributed by atoms with Gasteiger partial charge in [0.2, 0.25) is 5.91 Å². The van der Waals surface area contributed by atoms with E-state index in [2.05, 4.69) is 10.6 Å². The highest BCUT2D eigenvalue weighted by atomic mass is 35.5. The van der Waals surface area contributed by atoms with E-state index in [1.165, 1.54) is 32.1 Å². The average Bonchev–Trinajstić information content (AvgIpc) is 2.40. The van der Waals surface area contributed by atoms with Gasteiger partial charge in [0.05, 0.1) is 0 Å². The zero-order valence-electron chi connectivity index (χ0n) is 11.1. The number of anilines is 1. The maximum absolute atomic E-state index is 11.8. The molecule has 0 atom stereocenters. The smallest absolute Gasteiger partial charge is 0.225 e. The van der Waals surface area contributed by atoms with Gasteiger partial charge in [0.25, 0.3) is 0 Å². The number of hydrogen-bond acceptors (Lipinski definition) is 2. The molecule has 0 spiro atoms. The SMILES string of the molecule is O=C(CCNC1CCCCC1)Nc1cccc(Cl)c1. The molecule has 3 nitrogen and oxygen atoms in total. The molecule has 0 bridgehead atoms. The van der Waals surface area contributed by atoms with Crippen LogP contribution in [0.3, 0.4) is 0 Å². The predicted molar refractivity (Wildman–Crippen MR) is 79.6 cm³/mol. The molecule has 0 saturated heterocycles. The van der Waals surface area contributed by atoms with Gasteiger partial charge in [-0.3, -0.25) is 4.79 Å². The highest BCUT2D eigenvalue weighted by molar-refractivity contribution is 6.30. The summed E-state index contributed by atoms with van der Waals surface area (Å²) in [6.07, 6.45) is 6.97. The Balaban J connectivity index is 1.67. The summed E-state index contributed by atoms with van der Waals surface area (Å²) in [5.74, 6) is 0.0329. The fourth-order valence-corrected chi connectivity index (χ4v) is 2.68. The van der Waals surface area contributed by atoms with E-state index < -0.39 is 0 Å². The Morgan fingerprint density at radius 3 is 2.79 bits per heavy atom. The van der Waals surface area contributed by atoms with E-state index in [1.807, 2.05) is 12.1 Å². The fraction of sp³-hybridized carbons (Fsp3) is 0.533. The minimum atomic E-state index is 0.0329. The molecule has 1 aliphatic carbocycles. The average molecular weight is 281 g/mol. The lowest BCUT2D eigenvalue weighted by Gasteiger charge is -2.22. The van der Waals surface area contributed by atoms with Crippen LogP contribution < -0.4 is 10.6 Å². The Kier molecular flexibility index (Phi) is 5.67. The van der Waals surface area contributed by atoms with Crippen LogP contribution in [-0.4, -0.2) is 18.5 Å². The molecule has 19 heavy (non-hydrogen) atoms. The second-order valence-corrected chi connectivity index (χ2v) is 5.53. The van der Waals surface area contributed by atoms with Gasteiger partial charge in [0.1, 0.15) is 0 Å². The number of amides is 1. The summed E-state index contributed by atoms with van der Waals surface area (Å²) in [5.41, 5.74) is 0.759. The lowest BCUT2D eigenvalue weighted by atomic mass is 9.95. The summed E-state index contributed by atoms with van der Waals surface area (Å²) in [4.78, 5) is 11.8. The van der Waals surface area contributed by atoms with Crippen LogP contribution in [-0.2, 0) is 4.79 Å². The van der Waals surface area contributed by atoms with Gasteiger partial charge in [-0.2, -0.15) is 0 Å². The number of carbonyl (C=O) groups excluding carboxylic acids is 1. The number of hydrogen-bond donors (Lipinski definition) is 2. The molecule has 1 saturated carbocycles. The fourth-order valence-electron chi connectivity index (χ4n) is 2.49. The predicted octanol–water partition coefficient (Wildman–Crippen LogP) is 3.59. The third-order valence-electron chi connectivity index (χ3n) is 3.50. The molecule has 0 heterocycles. The van der Waals surface area contributed by atoms with E-state index in [0.29, 0.717) is 17.5 Å². The second-order valence-electron chi connectivity index (χ2n) is 5.10. The maximum atomic E-state index is 11.8. The van der Waals surface area contributed by atoms with E-state index in [4.69, 9.17) is 11.6 Å². The molecule has 1 aliphatic rings. The molecule has 1 fully saturated rings. The summed E-state index contributed by atoms with van der Waals surface area (Å²) in [6.45, 7) is 0.747. The van der Waals surface area contributed by atoms with Crippen LogP contribution in [0, 0.1) is 0 Å². The molecule has 1 aromatic carbocycles. The quantitative estimate of drug-likeness (QED) is 0.865. The van der Waals surface area contributed by atoms with Gasteiger partial charge < -0.3 is 10.6 Å². The third kappa shape index (κ3) is 5.21. The normalized spacial score (nSPS) is 16.3. The number of halogens is 1. The highest BCUT2D eigenvalue weighted by Gasteiger charge is 2.12.